The van der Waals surface area contributed by atoms with Crippen LogP contribution >= 0.6 is 0 Å². The smallest absolute Gasteiger partial charge is 0.276 e. The van der Waals surface area contributed by atoms with Crippen LogP contribution in [-0.4, -0.2) is 32.3 Å². The molecule has 3 aromatic rings. The number of aromatic amines is 1. The summed E-state index contributed by atoms with van der Waals surface area (Å²) < 4.78 is 1.60. The van der Waals surface area contributed by atoms with Crippen LogP contribution in [0.3, 0.4) is 0 Å². The molecule has 0 spiro atoms. The zero-order chi connectivity index (χ0) is 19.3. The summed E-state index contributed by atoms with van der Waals surface area (Å²) in [6.45, 7) is 4.30. The largest absolute Gasteiger partial charge is 0.296 e. The number of benzene rings is 1. The first-order chi connectivity index (χ1) is 13.8. The van der Waals surface area contributed by atoms with Crippen molar-refractivity contribution in [2.75, 3.05) is 6.54 Å². The highest BCUT2D eigenvalue weighted by atomic mass is 16.1. The molecule has 2 aromatic heterocycles. The van der Waals surface area contributed by atoms with Crippen LogP contribution in [0.5, 0.6) is 0 Å². The maximum atomic E-state index is 12.8. The molecule has 1 aliphatic carbocycles. The normalized spacial score (nSPS) is 16.3. The number of rotatable bonds is 7. The van der Waals surface area contributed by atoms with Crippen LogP contribution in [0.1, 0.15) is 43.0 Å². The van der Waals surface area contributed by atoms with Gasteiger partial charge in [-0.15, -0.1) is 0 Å². The third-order valence-electron chi connectivity index (χ3n) is 5.66. The first-order valence-corrected chi connectivity index (χ1v) is 10.3. The van der Waals surface area contributed by atoms with Gasteiger partial charge in [0.2, 0.25) is 0 Å². The number of pyridine rings is 1. The van der Waals surface area contributed by atoms with Crippen LogP contribution in [0.15, 0.2) is 59.5 Å². The highest BCUT2D eigenvalue weighted by molar-refractivity contribution is 5.29. The summed E-state index contributed by atoms with van der Waals surface area (Å²) >= 11 is 0. The Morgan fingerprint density at radius 1 is 1.18 bits per heavy atom. The molecule has 1 aliphatic rings. The molecule has 5 nitrogen and oxygen atoms in total. The molecule has 1 atom stereocenters. The Morgan fingerprint density at radius 3 is 2.75 bits per heavy atom. The molecule has 1 unspecified atom stereocenters. The second-order valence-electron chi connectivity index (χ2n) is 7.60. The van der Waals surface area contributed by atoms with Gasteiger partial charge < -0.3 is 0 Å². The number of nitrogens with one attached hydrogen (secondary N) is 1. The molecule has 0 bridgehead atoms. The summed E-state index contributed by atoms with van der Waals surface area (Å²) in [6, 6.07) is 16.8. The fraction of sp³-hybridized carbons (Fsp3) is 0.391. The summed E-state index contributed by atoms with van der Waals surface area (Å²) in [7, 11) is 0. The van der Waals surface area contributed by atoms with Gasteiger partial charge in [0.15, 0.2) is 5.82 Å². The van der Waals surface area contributed by atoms with Crippen molar-refractivity contribution >= 4 is 0 Å². The van der Waals surface area contributed by atoms with Crippen LogP contribution in [0.4, 0.5) is 0 Å². The number of hydrogen-bond acceptors (Lipinski definition) is 3. The lowest BCUT2D eigenvalue weighted by atomic mass is 9.92. The standard InChI is InChI=1S/C23H28N4O/c1-2-3-15-26(17-18-9-5-4-6-10-18)19-12-13-20-21(16-19)25-27(23(20)28)22-11-7-8-14-24-22/h4-11,14,19,25H,2-3,12-13,15-17H2,1H3. The average molecular weight is 377 g/mol. The molecule has 0 aliphatic heterocycles. The van der Waals surface area contributed by atoms with E-state index in [-0.39, 0.29) is 5.56 Å². The van der Waals surface area contributed by atoms with Gasteiger partial charge >= 0.3 is 0 Å². The molecule has 1 N–H and O–H groups in total. The van der Waals surface area contributed by atoms with Crippen LogP contribution in [0.2, 0.25) is 0 Å². The van der Waals surface area contributed by atoms with E-state index in [1.165, 1.54) is 18.4 Å². The Labute approximate surface area is 166 Å². The molecular formula is C23H28N4O. The third kappa shape index (κ3) is 3.94. The van der Waals surface area contributed by atoms with E-state index in [0.29, 0.717) is 11.9 Å². The predicted octanol–water partition coefficient (Wildman–Crippen LogP) is 3.72. The van der Waals surface area contributed by atoms with E-state index in [0.717, 1.165) is 43.6 Å². The van der Waals surface area contributed by atoms with Crippen LogP contribution in [0.25, 0.3) is 5.82 Å². The lowest BCUT2D eigenvalue weighted by Crippen LogP contribution is -2.40. The molecule has 0 fully saturated rings. The minimum Gasteiger partial charge on any atom is -0.296 e. The number of nitrogens with zero attached hydrogens (tertiary/aromatic N) is 3. The van der Waals surface area contributed by atoms with Crippen LogP contribution in [-0.2, 0) is 19.4 Å². The molecular weight excluding hydrogens is 348 g/mol. The Kier molecular flexibility index (Phi) is 5.72. The Balaban J connectivity index is 1.56. The fourth-order valence-corrected chi connectivity index (χ4v) is 4.12. The number of aromatic nitrogens is 3. The Bertz CT molecular complexity index is 946. The molecule has 4 rings (SSSR count). The summed E-state index contributed by atoms with van der Waals surface area (Å²) in [6.07, 6.45) is 6.85. The van der Waals surface area contributed by atoms with Crippen molar-refractivity contribution in [3.8, 4) is 5.82 Å². The Morgan fingerprint density at radius 2 is 2.00 bits per heavy atom. The van der Waals surface area contributed by atoms with Gasteiger partial charge in [-0.05, 0) is 43.5 Å². The van der Waals surface area contributed by atoms with Gasteiger partial charge in [0.1, 0.15) is 0 Å². The van der Waals surface area contributed by atoms with Crippen molar-refractivity contribution in [2.24, 2.45) is 0 Å². The molecule has 0 saturated heterocycles. The first-order valence-electron chi connectivity index (χ1n) is 10.3. The van der Waals surface area contributed by atoms with Crippen molar-refractivity contribution in [3.63, 3.8) is 0 Å². The summed E-state index contributed by atoms with van der Waals surface area (Å²) in [4.78, 5) is 19.8. The van der Waals surface area contributed by atoms with E-state index < -0.39 is 0 Å². The van der Waals surface area contributed by atoms with E-state index in [4.69, 9.17) is 0 Å². The molecule has 1 aromatic carbocycles. The zero-order valence-electron chi connectivity index (χ0n) is 16.5. The molecule has 28 heavy (non-hydrogen) atoms. The number of hydrogen-bond donors (Lipinski definition) is 1. The topological polar surface area (TPSA) is 53.9 Å². The lowest BCUT2D eigenvalue weighted by molar-refractivity contribution is 0.167. The highest BCUT2D eigenvalue weighted by Crippen LogP contribution is 2.24. The van der Waals surface area contributed by atoms with Gasteiger partial charge in [-0.2, -0.15) is 0 Å². The van der Waals surface area contributed by atoms with Gasteiger partial charge in [0.25, 0.3) is 5.56 Å². The predicted molar refractivity (Wildman–Crippen MR) is 112 cm³/mol. The minimum atomic E-state index is 0.0512. The maximum Gasteiger partial charge on any atom is 0.276 e. The van der Waals surface area contributed by atoms with Gasteiger partial charge in [-0.3, -0.25) is 14.8 Å². The number of fused-ring (bicyclic) bond motifs is 1. The number of H-pyrrole nitrogens is 1. The minimum absolute atomic E-state index is 0.0512. The first kappa shape index (κ1) is 18.7. The number of unbranched alkanes of at least 4 members (excludes halogenated alkanes) is 1. The summed E-state index contributed by atoms with van der Waals surface area (Å²) in [5, 5.41) is 3.34. The van der Waals surface area contributed by atoms with Gasteiger partial charge in [-0.25, -0.2) is 9.67 Å². The zero-order valence-corrected chi connectivity index (χ0v) is 16.5. The second kappa shape index (κ2) is 8.57. The second-order valence-corrected chi connectivity index (χ2v) is 7.60. The molecule has 0 saturated carbocycles. The van der Waals surface area contributed by atoms with Crippen molar-refractivity contribution in [1.29, 1.82) is 0 Å². The van der Waals surface area contributed by atoms with E-state index in [1.54, 1.807) is 10.9 Å². The van der Waals surface area contributed by atoms with E-state index >= 15 is 0 Å². The van der Waals surface area contributed by atoms with Crippen molar-refractivity contribution in [2.45, 2.75) is 51.6 Å². The molecule has 146 valence electrons. The van der Waals surface area contributed by atoms with Gasteiger partial charge in [0, 0.05) is 36.5 Å². The van der Waals surface area contributed by atoms with Gasteiger partial charge in [0.05, 0.1) is 0 Å². The summed E-state index contributed by atoms with van der Waals surface area (Å²) in [5.74, 6) is 0.658. The SMILES string of the molecule is CCCCN(Cc1ccccc1)C1CCc2c([nH]n(-c3ccccn3)c2=O)C1. The lowest BCUT2D eigenvalue weighted by Gasteiger charge is -2.34. The van der Waals surface area contributed by atoms with Crippen molar-refractivity contribution in [1.82, 2.24) is 19.7 Å². The highest BCUT2D eigenvalue weighted by Gasteiger charge is 2.28. The maximum absolute atomic E-state index is 12.8. The van der Waals surface area contributed by atoms with E-state index in [9.17, 15) is 4.79 Å². The van der Waals surface area contributed by atoms with E-state index in [1.807, 2.05) is 18.2 Å². The van der Waals surface area contributed by atoms with Crippen molar-refractivity contribution < 1.29 is 0 Å². The average Bonchev–Trinajstić information content (AvgIpc) is 3.08. The molecule has 0 radical (unpaired) electrons. The summed E-state index contributed by atoms with van der Waals surface area (Å²) in [5.41, 5.74) is 3.40. The van der Waals surface area contributed by atoms with Gasteiger partial charge in [-0.1, -0.05) is 49.7 Å². The quantitative estimate of drug-likeness (QED) is 0.684. The molecule has 5 heteroatoms. The molecule has 2 heterocycles. The molecule has 0 amide bonds. The fourth-order valence-electron chi connectivity index (χ4n) is 4.12. The van der Waals surface area contributed by atoms with Crippen LogP contribution < -0.4 is 5.56 Å². The van der Waals surface area contributed by atoms with Crippen molar-refractivity contribution in [3.05, 3.63) is 81.9 Å². The Hall–Kier alpha value is -2.66. The third-order valence-corrected chi connectivity index (χ3v) is 5.66. The van der Waals surface area contributed by atoms with E-state index in [2.05, 4.69) is 52.2 Å². The monoisotopic (exact) mass is 376 g/mol. The van der Waals surface area contributed by atoms with Crippen LogP contribution in [0, 0.1) is 0 Å².